The van der Waals surface area contributed by atoms with Crippen LogP contribution in [0.3, 0.4) is 0 Å². The SMILES string of the molecule is Cc1cc(NCCCCCCO)c(Br)cc1[N+](=O)[O-]. The van der Waals surface area contributed by atoms with Gasteiger partial charge in [0.15, 0.2) is 0 Å². The summed E-state index contributed by atoms with van der Waals surface area (Å²) in [6, 6.07) is 3.32. The summed E-state index contributed by atoms with van der Waals surface area (Å²) in [6.45, 7) is 2.80. The molecule has 0 saturated heterocycles. The van der Waals surface area contributed by atoms with E-state index in [9.17, 15) is 10.1 Å². The Labute approximate surface area is 121 Å². The number of nitro benzene ring substituents is 1. The van der Waals surface area contributed by atoms with E-state index in [1.807, 2.05) is 0 Å². The number of nitrogens with zero attached hydrogens (tertiary/aromatic N) is 1. The van der Waals surface area contributed by atoms with Gasteiger partial charge in [-0.1, -0.05) is 12.8 Å². The van der Waals surface area contributed by atoms with Gasteiger partial charge in [-0.25, -0.2) is 0 Å². The minimum Gasteiger partial charge on any atom is -0.396 e. The van der Waals surface area contributed by atoms with Gasteiger partial charge in [0, 0.05) is 34.9 Å². The van der Waals surface area contributed by atoms with E-state index in [-0.39, 0.29) is 17.2 Å². The molecule has 0 aliphatic heterocycles. The summed E-state index contributed by atoms with van der Waals surface area (Å²) in [6.07, 6.45) is 3.96. The van der Waals surface area contributed by atoms with Crippen molar-refractivity contribution in [3.05, 3.63) is 32.3 Å². The zero-order chi connectivity index (χ0) is 14.3. The second kappa shape index (κ2) is 8.12. The Morgan fingerprint density at radius 1 is 1.32 bits per heavy atom. The number of nitrogens with one attached hydrogen (secondary N) is 1. The highest BCUT2D eigenvalue weighted by molar-refractivity contribution is 9.10. The molecule has 0 radical (unpaired) electrons. The lowest BCUT2D eigenvalue weighted by atomic mass is 10.1. The van der Waals surface area contributed by atoms with Crippen LogP contribution in [0.25, 0.3) is 0 Å². The predicted molar refractivity (Wildman–Crippen MR) is 79.6 cm³/mol. The third kappa shape index (κ3) is 5.16. The molecule has 0 spiro atoms. The van der Waals surface area contributed by atoms with Crippen LogP contribution in [0.2, 0.25) is 0 Å². The number of nitro groups is 1. The van der Waals surface area contributed by atoms with Crippen LogP contribution in [0.4, 0.5) is 11.4 Å². The van der Waals surface area contributed by atoms with E-state index >= 15 is 0 Å². The summed E-state index contributed by atoms with van der Waals surface area (Å²) in [5.41, 5.74) is 1.65. The molecule has 0 fully saturated rings. The standard InChI is InChI=1S/C13H19BrN2O3/c1-10-8-12(11(14)9-13(10)16(18)19)15-6-4-2-3-5-7-17/h8-9,15,17H,2-7H2,1H3. The van der Waals surface area contributed by atoms with E-state index in [0.717, 1.165) is 37.9 Å². The van der Waals surface area contributed by atoms with Crippen LogP contribution in [0, 0.1) is 17.0 Å². The summed E-state index contributed by atoms with van der Waals surface area (Å²) in [4.78, 5) is 10.4. The first-order valence-electron chi connectivity index (χ1n) is 6.35. The number of benzene rings is 1. The largest absolute Gasteiger partial charge is 0.396 e. The molecule has 0 aliphatic rings. The molecule has 19 heavy (non-hydrogen) atoms. The Morgan fingerprint density at radius 2 is 2.00 bits per heavy atom. The van der Waals surface area contributed by atoms with E-state index < -0.39 is 0 Å². The van der Waals surface area contributed by atoms with Gasteiger partial charge in [0.25, 0.3) is 5.69 Å². The summed E-state index contributed by atoms with van der Waals surface area (Å²) < 4.78 is 0.708. The van der Waals surface area contributed by atoms with E-state index in [0.29, 0.717) is 10.0 Å². The molecule has 5 nitrogen and oxygen atoms in total. The molecule has 0 amide bonds. The third-order valence-corrected chi connectivity index (χ3v) is 3.54. The van der Waals surface area contributed by atoms with Crippen LogP contribution >= 0.6 is 15.9 Å². The molecule has 1 rings (SSSR count). The summed E-state index contributed by atoms with van der Waals surface area (Å²) in [5, 5.41) is 22.7. The van der Waals surface area contributed by atoms with Crippen molar-refractivity contribution in [3.63, 3.8) is 0 Å². The topological polar surface area (TPSA) is 75.4 Å². The highest BCUT2D eigenvalue weighted by Gasteiger charge is 2.13. The first-order valence-corrected chi connectivity index (χ1v) is 7.15. The molecule has 0 heterocycles. The molecule has 1 aromatic rings. The minimum atomic E-state index is -0.376. The molecule has 0 atom stereocenters. The van der Waals surface area contributed by atoms with Gasteiger partial charge in [0.2, 0.25) is 0 Å². The van der Waals surface area contributed by atoms with Crippen molar-refractivity contribution in [3.8, 4) is 0 Å². The fourth-order valence-corrected chi connectivity index (χ4v) is 2.29. The normalized spacial score (nSPS) is 10.5. The average Bonchev–Trinajstić information content (AvgIpc) is 2.36. The van der Waals surface area contributed by atoms with Crippen molar-refractivity contribution >= 4 is 27.3 Å². The molecule has 2 N–H and O–H groups in total. The Hall–Kier alpha value is -1.14. The van der Waals surface area contributed by atoms with E-state index in [1.54, 1.807) is 13.0 Å². The van der Waals surface area contributed by atoms with Gasteiger partial charge >= 0.3 is 0 Å². The van der Waals surface area contributed by atoms with Crippen LogP contribution in [-0.4, -0.2) is 23.2 Å². The van der Waals surface area contributed by atoms with Crippen LogP contribution in [0.5, 0.6) is 0 Å². The molecule has 0 bridgehead atoms. The molecular weight excluding hydrogens is 312 g/mol. The van der Waals surface area contributed by atoms with Crippen molar-refractivity contribution < 1.29 is 10.0 Å². The zero-order valence-corrected chi connectivity index (χ0v) is 12.6. The quantitative estimate of drug-likeness (QED) is 0.433. The van der Waals surface area contributed by atoms with Crippen molar-refractivity contribution in [2.24, 2.45) is 0 Å². The van der Waals surface area contributed by atoms with Crippen LogP contribution in [0.1, 0.15) is 31.2 Å². The Morgan fingerprint density at radius 3 is 2.63 bits per heavy atom. The molecule has 0 aliphatic carbocycles. The first-order chi connectivity index (χ1) is 9.06. The fourth-order valence-electron chi connectivity index (χ4n) is 1.82. The second-order valence-electron chi connectivity index (χ2n) is 4.44. The van der Waals surface area contributed by atoms with Gasteiger partial charge in [-0.2, -0.15) is 0 Å². The highest BCUT2D eigenvalue weighted by atomic mass is 79.9. The Balaban J connectivity index is 2.50. The Bertz CT molecular complexity index is 438. The number of unbranched alkanes of at least 4 members (excludes halogenated alkanes) is 3. The maximum atomic E-state index is 10.8. The number of hydrogen-bond donors (Lipinski definition) is 2. The third-order valence-electron chi connectivity index (χ3n) is 2.88. The Kier molecular flexibility index (Phi) is 6.80. The van der Waals surface area contributed by atoms with Crippen molar-refractivity contribution in [1.82, 2.24) is 0 Å². The molecule has 0 aromatic heterocycles. The number of aliphatic hydroxyl groups is 1. The number of hydrogen-bond acceptors (Lipinski definition) is 4. The van der Waals surface area contributed by atoms with Crippen LogP contribution < -0.4 is 5.32 Å². The zero-order valence-electron chi connectivity index (χ0n) is 11.0. The molecular formula is C13H19BrN2O3. The van der Waals surface area contributed by atoms with E-state index in [2.05, 4.69) is 21.2 Å². The minimum absolute atomic E-state index is 0.125. The van der Waals surface area contributed by atoms with E-state index in [1.165, 1.54) is 6.07 Å². The summed E-state index contributed by atoms with van der Waals surface area (Å²) in [5.74, 6) is 0. The number of halogens is 1. The molecule has 0 unspecified atom stereocenters. The smallest absolute Gasteiger partial charge is 0.273 e. The highest BCUT2D eigenvalue weighted by Crippen LogP contribution is 2.30. The van der Waals surface area contributed by atoms with Crippen molar-refractivity contribution in [2.75, 3.05) is 18.5 Å². The van der Waals surface area contributed by atoms with Gasteiger partial charge in [-0.3, -0.25) is 10.1 Å². The predicted octanol–water partition coefficient (Wildman–Crippen LogP) is 3.63. The van der Waals surface area contributed by atoms with Crippen LogP contribution in [-0.2, 0) is 0 Å². The number of anilines is 1. The summed E-state index contributed by atoms with van der Waals surface area (Å²) in [7, 11) is 0. The second-order valence-corrected chi connectivity index (χ2v) is 5.29. The average molecular weight is 331 g/mol. The van der Waals surface area contributed by atoms with Gasteiger partial charge in [0.05, 0.1) is 4.92 Å². The van der Waals surface area contributed by atoms with E-state index in [4.69, 9.17) is 5.11 Å². The molecule has 6 heteroatoms. The molecule has 1 aromatic carbocycles. The van der Waals surface area contributed by atoms with Gasteiger partial charge < -0.3 is 10.4 Å². The fraction of sp³-hybridized carbons (Fsp3) is 0.538. The summed E-state index contributed by atoms with van der Waals surface area (Å²) >= 11 is 3.34. The maximum absolute atomic E-state index is 10.8. The van der Waals surface area contributed by atoms with Crippen molar-refractivity contribution in [1.29, 1.82) is 0 Å². The lowest BCUT2D eigenvalue weighted by molar-refractivity contribution is -0.385. The van der Waals surface area contributed by atoms with Gasteiger partial charge in [-0.15, -0.1) is 0 Å². The lowest BCUT2D eigenvalue weighted by Gasteiger charge is -2.09. The van der Waals surface area contributed by atoms with Crippen LogP contribution in [0.15, 0.2) is 16.6 Å². The van der Waals surface area contributed by atoms with Gasteiger partial charge in [-0.05, 0) is 41.8 Å². The molecule has 0 saturated carbocycles. The number of aliphatic hydroxyl groups excluding tert-OH is 1. The maximum Gasteiger partial charge on any atom is 0.273 e. The number of aryl methyl sites for hydroxylation is 1. The first kappa shape index (κ1) is 15.9. The molecule has 106 valence electrons. The monoisotopic (exact) mass is 330 g/mol. The number of rotatable bonds is 8. The van der Waals surface area contributed by atoms with Gasteiger partial charge in [0.1, 0.15) is 0 Å². The lowest BCUT2D eigenvalue weighted by Crippen LogP contribution is -2.03. The van der Waals surface area contributed by atoms with Crippen molar-refractivity contribution in [2.45, 2.75) is 32.6 Å².